The van der Waals surface area contributed by atoms with Crippen LogP contribution < -0.4 is 5.73 Å². The standard InChI is InChI=1S/C13H21NO/c1-12(2,9-15)10-7-5-6-8-11(10)13(3,4)14/h5-8,15H,9,14H2,1-4H3. The van der Waals surface area contributed by atoms with Crippen LogP contribution in [-0.2, 0) is 11.0 Å². The molecule has 0 aromatic heterocycles. The Morgan fingerprint density at radius 1 is 1.07 bits per heavy atom. The minimum atomic E-state index is -0.372. The van der Waals surface area contributed by atoms with E-state index in [0.29, 0.717) is 0 Å². The van der Waals surface area contributed by atoms with Crippen LogP contribution in [0, 0.1) is 0 Å². The Morgan fingerprint density at radius 3 is 1.93 bits per heavy atom. The van der Waals surface area contributed by atoms with Crippen molar-refractivity contribution in [3.05, 3.63) is 35.4 Å². The zero-order valence-corrected chi connectivity index (χ0v) is 10.0. The molecule has 0 fully saturated rings. The normalized spacial score (nSPS) is 12.9. The van der Waals surface area contributed by atoms with Gasteiger partial charge < -0.3 is 10.8 Å². The van der Waals surface area contributed by atoms with E-state index < -0.39 is 0 Å². The summed E-state index contributed by atoms with van der Waals surface area (Å²) in [5.41, 5.74) is 7.74. The molecular formula is C13H21NO. The minimum Gasteiger partial charge on any atom is -0.395 e. The molecule has 0 aliphatic heterocycles. The van der Waals surface area contributed by atoms with Crippen LogP contribution in [0.15, 0.2) is 24.3 Å². The van der Waals surface area contributed by atoms with Crippen molar-refractivity contribution in [2.75, 3.05) is 6.61 Å². The quantitative estimate of drug-likeness (QED) is 0.797. The van der Waals surface area contributed by atoms with Crippen LogP contribution in [0.1, 0.15) is 38.8 Å². The number of hydrogen-bond donors (Lipinski definition) is 2. The topological polar surface area (TPSA) is 46.2 Å². The lowest BCUT2D eigenvalue weighted by molar-refractivity contribution is 0.216. The smallest absolute Gasteiger partial charge is 0.0522 e. The molecule has 2 heteroatoms. The van der Waals surface area contributed by atoms with E-state index in [2.05, 4.69) is 0 Å². The van der Waals surface area contributed by atoms with Gasteiger partial charge in [0.1, 0.15) is 0 Å². The van der Waals surface area contributed by atoms with Crippen molar-refractivity contribution in [2.24, 2.45) is 5.73 Å². The maximum atomic E-state index is 9.40. The minimum absolute atomic E-state index is 0.125. The third kappa shape index (κ3) is 2.58. The molecule has 0 aliphatic carbocycles. The summed E-state index contributed by atoms with van der Waals surface area (Å²) in [7, 11) is 0. The molecule has 1 aromatic rings. The predicted molar refractivity (Wildman–Crippen MR) is 63.8 cm³/mol. The third-order valence-electron chi connectivity index (χ3n) is 2.75. The summed E-state index contributed by atoms with van der Waals surface area (Å²) in [4.78, 5) is 0. The highest BCUT2D eigenvalue weighted by atomic mass is 16.3. The van der Waals surface area contributed by atoms with Crippen LogP contribution >= 0.6 is 0 Å². The van der Waals surface area contributed by atoms with E-state index in [4.69, 9.17) is 5.73 Å². The van der Waals surface area contributed by atoms with Crippen LogP contribution in [0.25, 0.3) is 0 Å². The Bertz CT molecular complexity index is 337. The summed E-state index contributed by atoms with van der Waals surface area (Å²) < 4.78 is 0. The Hall–Kier alpha value is -0.860. The molecule has 84 valence electrons. The zero-order valence-electron chi connectivity index (χ0n) is 10.0. The number of aliphatic hydroxyl groups is 1. The van der Waals surface area contributed by atoms with Gasteiger partial charge in [-0.2, -0.15) is 0 Å². The molecule has 1 aromatic carbocycles. The van der Waals surface area contributed by atoms with Crippen molar-refractivity contribution in [1.29, 1.82) is 0 Å². The van der Waals surface area contributed by atoms with Crippen LogP contribution in [0.2, 0.25) is 0 Å². The first kappa shape index (κ1) is 12.2. The van der Waals surface area contributed by atoms with Gasteiger partial charge in [0.15, 0.2) is 0 Å². The zero-order chi connectivity index (χ0) is 11.7. The van der Waals surface area contributed by atoms with E-state index in [1.165, 1.54) is 0 Å². The molecule has 0 radical (unpaired) electrons. The third-order valence-corrected chi connectivity index (χ3v) is 2.75. The lowest BCUT2D eigenvalue weighted by Gasteiger charge is -2.31. The molecule has 0 amide bonds. The first-order chi connectivity index (χ1) is 6.79. The summed E-state index contributed by atoms with van der Waals surface area (Å²) in [6.45, 7) is 8.15. The Balaban J connectivity index is 3.31. The van der Waals surface area contributed by atoms with E-state index in [0.717, 1.165) is 11.1 Å². The van der Waals surface area contributed by atoms with Crippen molar-refractivity contribution in [3.63, 3.8) is 0 Å². The van der Waals surface area contributed by atoms with Gasteiger partial charge in [0, 0.05) is 11.0 Å². The van der Waals surface area contributed by atoms with Crippen LogP contribution in [0.4, 0.5) is 0 Å². The molecular weight excluding hydrogens is 186 g/mol. The van der Waals surface area contributed by atoms with E-state index in [-0.39, 0.29) is 17.6 Å². The maximum Gasteiger partial charge on any atom is 0.0522 e. The van der Waals surface area contributed by atoms with E-state index in [1.54, 1.807) is 0 Å². The maximum absolute atomic E-state index is 9.40. The lowest BCUT2D eigenvalue weighted by atomic mass is 9.78. The summed E-state index contributed by atoms with van der Waals surface area (Å²) in [5, 5.41) is 9.40. The van der Waals surface area contributed by atoms with Gasteiger partial charge in [-0.3, -0.25) is 0 Å². The largest absolute Gasteiger partial charge is 0.395 e. The monoisotopic (exact) mass is 207 g/mol. The second kappa shape index (κ2) is 3.95. The van der Waals surface area contributed by atoms with E-state index in [1.807, 2.05) is 52.0 Å². The number of hydrogen-bond acceptors (Lipinski definition) is 2. The molecule has 0 bridgehead atoms. The van der Waals surface area contributed by atoms with Gasteiger partial charge in [0.05, 0.1) is 6.61 Å². The van der Waals surface area contributed by atoms with Gasteiger partial charge >= 0.3 is 0 Å². The number of aliphatic hydroxyl groups excluding tert-OH is 1. The van der Waals surface area contributed by atoms with Gasteiger partial charge in [-0.25, -0.2) is 0 Å². The van der Waals surface area contributed by atoms with Crippen LogP contribution in [0.3, 0.4) is 0 Å². The highest BCUT2D eigenvalue weighted by Gasteiger charge is 2.27. The molecule has 0 unspecified atom stereocenters. The molecule has 2 nitrogen and oxygen atoms in total. The number of rotatable bonds is 3. The molecule has 1 rings (SSSR count). The summed E-state index contributed by atoms with van der Waals surface area (Å²) >= 11 is 0. The van der Waals surface area contributed by atoms with Gasteiger partial charge in [-0.15, -0.1) is 0 Å². The average Bonchev–Trinajstić information content (AvgIpc) is 2.16. The van der Waals surface area contributed by atoms with Crippen molar-refractivity contribution < 1.29 is 5.11 Å². The number of benzene rings is 1. The summed E-state index contributed by atoms with van der Waals surface area (Å²) in [6.07, 6.45) is 0. The molecule has 15 heavy (non-hydrogen) atoms. The van der Waals surface area contributed by atoms with Crippen molar-refractivity contribution in [1.82, 2.24) is 0 Å². The Kier molecular flexibility index (Phi) is 3.22. The lowest BCUT2D eigenvalue weighted by Crippen LogP contribution is -2.34. The summed E-state index contributed by atoms with van der Waals surface area (Å²) in [6, 6.07) is 8.05. The van der Waals surface area contributed by atoms with Crippen molar-refractivity contribution in [2.45, 2.75) is 38.6 Å². The first-order valence-electron chi connectivity index (χ1n) is 5.29. The molecule has 3 N–H and O–H groups in total. The Morgan fingerprint density at radius 2 is 1.53 bits per heavy atom. The molecule has 0 saturated carbocycles. The van der Waals surface area contributed by atoms with Crippen LogP contribution in [0.5, 0.6) is 0 Å². The second-order valence-electron chi connectivity index (χ2n) is 5.31. The fourth-order valence-electron chi connectivity index (χ4n) is 1.72. The van der Waals surface area contributed by atoms with E-state index in [9.17, 15) is 5.11 Å². The van der Waals surface area contributed by atoms with Crippen molar-refractivity contribution in [3.8, 4) is 0 Å². The first-order valence-corrected chi connectivity index (χ1v) is 5.29. The second-order valence-corrected chi connectivity index (χ2v) is 5.31. The van der Waals surface area contributed by atoms with Gasteiger partial charge in [-0.05, 0) is 25.0 Å². The van der Waals surface area contributed by atoms with Gasteiger partial charge in [-0.1, -0.05) is 38.1 Å². The van der Waals surface area contributed by atoms with E-state index >= 15 is 0 Å². The van der Waals surface area contributed by atoms with Gasteiger partial charge in [0.25, 0.3) is 0 Å². The van der Waals surface area contributed by atoms with Crippen LogP contribution in [-0.4, -0.2) is 11.7 Å². The molecule has 0 saturated heterocycles. The fourth-order valence-corrected chi connectivity index (χ4v) is 1.72. The Labute approximate surface area is 92.1 Å². The highest BCUT2D eigenvalue weighted by molar-refractivity contribution is 5.37. The molecule has 0 spiro atoms. The molecule has 0 aliphatic rings. The fraction of sp³-hybridized carbons (Fsp3) is 0.538. The number of nitrogens with two attached hydrogens (primary N) is 1. The van der Waals surface area contributed by atoms with Crippen molar-refractivity contribution >= 4 is 0 Å². The molecule has 0 atom stereocenters. The van der Waals surface area contributed by atoms with Gasteiger partial charge in [0.2, 0.25) is 0 Å². The summed E-state index contributed by atoms with van der Waals surface area (Å²) in [5.74, 6) is 0. The molecule has 0 heterocycles. The highest BCUT2D eigenvalue weighted by Crippen LogP contribution is 2.31. The predicted octanol–water partition coefficient (Wildman–Crippen LogP) is 2.15. The SMILES string of the molecule is CC(C)(N)c1ccccc1C(C)(C)CO. The average molecular weight is 207 g/mol.